The lowest BCUT2D eigenvalue weighted by Crippen LogP contribution is -1.93. The molecule has 14 heteroatoms. The lowest BCUT2D eigenvalue weighted by molar-refractivity contribution is -0.131. The number of aromatic nitrogens is 9. The number of carboxylic acid groups (broad SMARTS) is 1. The minimum atomic E-state index is -0.879. The van der Waals surface area contributed by atoms with Gasteiger partial charge in [-0.3, -0.25) is 0 Å². The Balaban J connectivity index is 0.000000393. The fraction of sp³-hybridized carbons (Fsp3) is 0. The SMILES string of the molecule is C=CC(=O)OC#N.O=C(O)c1ccccc1.c1cn[nH]n1.c1cnnnc1.c1cnnnc1. The summed E-state index contributed by atoms with van der Waals surface area (Å²) < 4.78 is 3.74. The first kappa shape index (κ1) is 27.5. The number of ether oxygens (including phenoxy) is 1. The Morgan fingerprint density at radius 2 is 1.36 bits per heavy atom. The van der Waals surface area contributed by atoms with E-state index in [0.29, 0.717) is 5.56 Å². The molecule has 4 rings (SSSR count). The molecule has 0 atom stereocenters. The Morgan fingerprint density at radius 3 is 1.55 bits per heavy atom. The first-order valence-electron chi connectivity index (χ1n) is 8.58. The van der Waals surface area contributed by atoms with Crippen molar-refractivity contribution in [2.75, 3.05) is 0 Å². The molecule has 0 unspecified atom stereocenters. The van der Waals surface area contributed by atoms with Crippen molar-refractivity contribution >= 4 is 11.9 Å². The number of rotatable bonds is 2. The fourth-order valence-electron chi connectivity index (χ4n) is 1.24. The lowest BCUT2D eigenvalue weighted by atomic mass is 10.2. The number of carbonyl (C=O) groups excluding carboxylic acids is 1. The number of carbonyl (C=O) groups is 2. The molecular formula is C19H18N10O4. The van der Waals surface area contributed by atoms with Crippen LogP contribution in [0.4, 0.5) is 0 Å². The van der Waals surface area contributed by atoms with Crippen LogP contribution in [-0.2, 0) is 9.53 Å². The molecule has 3 aromatic heterocycles. The Hall–Kier alpha value is -5.45. The van der Waals surface area contributed by atoms with Gasteiger partial charge in [-0.05, 0) is 34.7 Å². The van der Waals surface area contributed by atoms with Crippen LogP contribution >= 0.6 is 0 Å². The van der Waals surface area contributed by atoms with Gasteiger partial charge in [-0.15, -0.1) is 25.7 Å². The van der Waals surface area contributed by atoms with Gasteiger partial charge in [-0.25, -0.2) is 9.59 Å². The summed E-state index contributed by atoms with van der Waals surface area (Å²) in [4.78, 5) is 20.0. The average Bonchev–Trinajstić information content (AvgIpc) is 3.48. The molecule has 0 bridgehead atoms. The number of nitrogens with one attached hydrogen (secondary N) is 1. The standard InChI is InChI=1S/C7H6O2.C4H3NO2.2C3H3N3.C2H3N3/c8-7(9)6-4-2-1-3-5-6;1-2-4(6)7-3-5;2*1-2-4-6-5-3-1;1-2-4-5-3-1/h1-5H,(H,8,9);2H,1H2;2*1-3H;1-2H,(H,3,4,5). The Bertz CT molecular complexity index is 913. The van der Waals surface area contributed by atoms with Crippen molar-refractivity contribution in [3.05, 3.63) is 97.9 Å². The van der Waals surface area contributed by atoms with E-state index >= 15 is 0 Å². The number of aromatic amines is 1. The summed E-state index contributed by atoms with van der Waals surface area (Å²) in [7, 11) is 0. The highest BCUT2D eigenvalue weighted by molar-refractivity contribution is 5.87. The molecule has 4 aromatic rings. The van der Waals surface area contributed by atoms with Gasteiger partial charge in [0.1, 0.15) is 0 Å². The number of benzene rings is 1. The fourth-order valence-corrected chi connectivity index (χ4v) is 1.24. The van der Waals surface area contributed by atoms with E-state index in [1.54, 1.807) is 79.6 Å². The van der Waals surface area contributed by atoms with Gasteiger partial charge in [0.05, 0.1) is 42.7 Å². The average molecular weight is 450 g/mol. The monoisotopic (exact) mass is 450 g/mol. The zero-order valence-electron chi connectivity index (χ0n) is 17.0. The zero-order chi connectivity index (χ0) is 24.4. The van der Waals surface area contributed by atoms with Crippen molar-refractivity contribution in [3.8, 4) is 6.26 Å². The molecule has 0 saturated heterocycles. The Morgan fingerprint density at radius 1 is 0.879 bits per heavy atom. The van der Waals surface area contributed by atoms with Gasteiger partial charge in [0.2, 0.25) is 0 Å². The van der Waals surface area contributed by atoms with Crippen LogP contribution in [0.2, 0.25) is 0 Å². The molecule has 0 spiro atoms. The maximum Gasteiger partial charge on any atom is 0.345 e. The molecule has 0 amide bonds. The molecule has 0 fully saturated rings. The van der Waals surface area contributed by atoms with Gasteiger partial charge in [-0.2, -0.15) is 15.4 Å². The minimum absolute atomic E-state index is 0.331. The van der Waals surface area contributed by atoms with E-state index in [9.17, 15) is 9.59 Å². The second-order valence-electron chi connectivity index (χ2n) is 4.67. The molecule has 0 aliphatic heterocycles. The van der Waals surface area contributed by atoms with Crippen molar-refractivity contribution < 1.29 is 19.4 Å². The topological polar surface area (TPSA) is 206 Å². The van der Waals surface area contributed by atoms with Crippen LogP contribution in [0.25, 0.3) is 0 Å². The van der Waals surface area contributed by atoms with E-state index in [0.717, 1.165) is 6.08 Å². The number of nitrogens with zero attached hydrogens (tertiary/aromatic N) is 9. The number of aromatic carboxylic acids is 1. The van der Waals surface area contributed by atoms with Crippen molar-refractivity contribution in [1.29, 1.82) is 5.26 Å². The molecule has 0 aliphatic carbocycles. The van der Waals surface area contributed by atoms with Crippen molar-refractivity contribution in [3.63, 3.8) is 0 Å². The number of H-pyrrole nitrogens is 1. The number of esters is 1. The maximum atomic E-state index is 10.2. The highest BCUT2D eigenvalue weighted by atomic mass is 16.5. The first-order chi connectivity index (χ1) is 16.1. The van der Waals surface area contributed by atoms with E-state index < -0.39 is 11.9 Å². The summed E-state index contributed by atoms with van der Waals surface area (Å²) >= 11 is 0. The normalized spacial score (nSPS) is 7.85. The predicted molar refractivity (Wildman–Crippen MR) is 111 cm³/mol. The summed E-state index contributed by atoms with van der Waals surface area (Å²) in [6.45, 7) is 3.05. The summed E-state index contributed by atoms with van der Waals surface area (Å²) in [5.74, 6) is -1.60. The third-order valence-corrected chi connectivity index (χ3v) is 2.48. The van der Waals surface area contributed by atoms with Crippen LogP contribution in [0.1, 0.15) is 10.4 Å². The molecule has 0 aliphatic rings. The highest BCUT2D eigenvalue weighted by Crippen LogP contribution is 1.96. The van der Waals surface area contributed by atoms with E-state index in [1.165, 1.54) is 6.26 Å². The Labute approximate surface area is 187 Å². The minimum Gasteiger partial charge on any atom is -0.478 e. The summed E-state index contributed by atoms with van der Waals surface area (Å²) in [6.07, 6.45) is 11.6. The van der Waals surface area contributed by atoms with E-state index in [1.807, 2.05) is 0 Å². The lowest BCUT2D eigenvalue weighted by Gasteiger charge is -1.88. The van der Waals surface area contributed by atoms with Gasteiger partial charge in [-0.1, -0.05) is 24.8 Å². The quantitative estimate of drug-likeness (QED) is 0.250. The van der Waals surface area contributed by atoms with Gasteiger partial charge < -0.3 is 9.84 Å². The van der Waals surface area contributed by atoms with Crippen molar-refractivity contribution in [1.82, 2.24) is 46.2 Å². The number of hydrogen-bond donors (Lipinski definition) is 2. The smallest absolute Gasteiger partial charge is 0.345 e. The number of hydrogen-bond acceptors (Lipinski definition) is 12. The molecular weight excluding hydrogens is 432 g/mol. The second-order valence-corrected chi connectivity index (χ2v) is 4.67. The Kier molecular flexibility index (Phi) is 17.8. The van der Waals surface area contributed by atoms with Crippen LogP contribution in [0.15, 0.2) is 92.3 Å². The van der Waals surface area contributed by atoms with Gasteiger partial charge in [0, 0.05) is 6.08 Å². The molecule has 168 valence electrons. The van der Waals surface area contributed by atoms with Crippen LogP contribution in [-0.4, -0.2) is 63.3 Å². The van der Waals surface area contributed by atoms with Crippen molar-refractivity contribution in [2.24, 2.45) is 0 Å². The molecule has 2 N–H and O–H groups in total. The van der Waals surface area contributed by atoms with Gasteiger partial charge in [0.15, 0.2) is 0 Å². The van der Waals surface area contributed by atoms with Gasteiger partial charge >= 0.3 is 11.9 Å². The predicted octanol–water partition coefficient (Wildman–Crippen LogP) is 1.13. The van der Waals surface area contributed by atoms with Crippen LogP contribution in [0.5, 0.6) is 0 Å². The summed E-state index contributed by atoms with van der Waals surface area (Å²) in [6, 6.07) is 11.7. The number of carboxylic acids is 1. The third kappa shape index (κ3) is 19.6. The van der Waals surface area contributed by atoms with Crippen LogP contribution in [0.3, 0.4) is 0 Å². The van der Waals surface area contributed by atoms with E-state index in [4.69, 9.17) is 10.4 Å². The van der Waals surface area contributed by atoms with Crippen molar-refractivity contribution in [2.45, 2.75) is 0 Å². The third-order valence-electron chi connectivity index (χ3n) is 2.48. The molecule has 1 aromatic carbocycles. The first-order valence-corrected chi connectivity index (χ1v) is 8.58. The second kappa shape index (κ2) is 21.3. The molecule has 33 heavy (non-hydrogen) atoms. The molecule has 14 nitrogen and oxygen atoms in total. The highest BCUT2D eigenvalue weighted by Gasteiger charge is 1.96. The van der Waals surface area contributed by atoms with E-state index in [-0.39, 0.29) is 0 Å². The molecule has 0 radical (unpaired) electrons. The van der Waals surface area contributed by atoms with E-state index in [2.05, 4.69) is 57.5 Å². The zero-order valence-corrected chi connectivity index (χ0v) is 17.0. The maximum absolute atomic E-state index is 10.2. The van der Waals surface area contributed by atoms with Gasteiger partial charge in [0.25, 0.3) is 6.26 Å². The summed E-state index contributed by atoms with van der Waals surface area (Å²) in [5.41, 5.74) is 0.331. The molecule has 3 heterocycles. The van der Waals surface area contributed by atoms with Crippen LogP contribution in [0, 0.1) is 11.5 Å². The largest absolute Gasteiger partial charge is 0.478 e. The van der Waals surface area contributed by atoms with Crippen LogP contribution < -0.4 is 0 Å². The summed E-state index contributed by atoms with van der Waals surface area (Å²) in [5, 5.41) is 45.6. The number of nitriles is 1. The molecule has 0 saturated carbocycles.